The highest BCUT2D eigenvalue weighted by Crippen LogP contribution is 1.65. The lowest BCUT2D eigenvalue weighted by Gasteiger charge is -2.11. The first-order valence-corrected chi connectivity index (χ1v) is 3.34. The highest BCUT2D eigenvalue weighted by Gasteiger charge is 1.91. The second kappa shape index (κ2) is 6.51. The maximum Gasteiger partial charge on any atom is 0.300 e. The smallest absolute Gasteiger partial charge is 0.300 e. The van der Waals surface area contributed by atoms with Crippen molar-refractivity contribution >= 4 is 5.97 Å². The number of nitrogens with one attached hydrogen (secondary N) is 2. The summed E-state index contributed by atoms with van der Waals surface area (Å²) < 4.78 is 0. The number of carboxylic acid groups (broad SMARTS) is 1. The summed E-state index contributed by atoms with van der Waals surface area (Å²) in [6, 6.07) is 0. The second-order valence-electron chi connectivity index (χ2n) is 2.02. The molecule has 60 valence electrons. The summed E-state index contributed by atoms with van der Waals surface area (Å²) in [5, 5.41) is 13.9. The van der Waals surface area contributed by atoms with Crippen molar-refractivity contribution in [3.8, 4) is 0 Å². The van der Waals surface area contributed by atoms with Crippen molar-refractivity contribution in [2.24, 2.45) is 0 Å². The number of hydrogen-bond acceptors (Lipinski definition) is 3. The topological polar surface area (TPSA) is 61.4 Å². The van der Waals surface area contributed by atoms with Crippen LogP contribution in [0, 0.1) is 0 Å². The molecule has 0 aromatic carbocycles. The number of piperazine rings is 1. The van der Waals surface area contributed by atoms with Gasteiger partial charge in [-0.2, -0.15) is 0 Å². The molecule has 0 amide bonds. The van der Waals surface area contributed by atoms with Crippen LogP contribution in [-0.2, 0) is 4.79 Å². The monoisotopic (exact) mass is 146 g/mol. The Bertz CT molecular complexity index is 76.2. The maximum atomic E-state index is 9.00. The third kappa shape index (κ3) is 10.4. The summed E-state index contributed by atoms with van der Waals surface area (Å²) in [7, 11) is 0. The van der Waals surface area contributed by atoms with Gasteiger partial charge in [-0.05, 0) is 0 Å². The van der Waals surface area contributed by atoms with Gasteiger partial charge < -0.3 is 15.7 Å². The van der Waals surface area contributed by atoms with Gasteiger partial charge in [0.25, 0.3) is 5.97 Å². The molecular formula is C6H14N2O2. The number of carbonyl (C=O) groups is 1. The lowest BCUT2D eigenvalue weighted by atomic mass is 10.4. The Balaban J connectivity index is 0.000000180. The Morgan fingerprint density at radius 1 is 1.20 bits per heavy atom. The van der Waals surface area contributed by atoms with E-state index in [-0.39, 0.29) is 0 Å². The van der Waals surface area contributed by atoms with Gasteiger partial charge in [-0.25, -0.2) is 0 Å². The summed E-state index contributed by atoms with van der Waals surface area (Å²) in [5.41, 5.74) is 0. The average Bonchev–Trinajstić information content (AvgIpc) is 1.90. The molecule has 0 bridgehead atoms. The number of hydrogen-bond donors (Lipinski definition) is 3. The van der Waals surface area contributed by atoms with E-state index in [4.69, 9.17) is 9.90 Å². The molecule has 4 nitrogen and oxygen atoms in total. The zero-order valence-corrected chi connectivity index (χ0v) is 6.18. The fourth-order valence-corrected chi connectivity index (χ4v) is 0.604. The van der Waals surface area contributed by atoms with Crippen LogP contribution in [0.4, 0.5) is 0 Å². The first kappa shape index (κ1) is 9.39. The number of aliphatic carboxylic acids is 1. The molecule has 1 rings (SSSR count). The molecule has 4 heteroatoms. The standard InChI is InChI=1S/C4H10N2.C2H4O2/c1-2-6-4-3-5-1;1-2(3)4/h5-6H,1-4H2;1H3,(H,3,4). The molecule has 10 heavy (non-hydrogen) atoms. The van der Waals surface area contributed by atoms with Gasteiger partial charge in [0.05, 0.1) is 0 Å². The van der Waals surface area contributed by atoms with Crippen LogP contribution in [-0.4, -0.2) is 37.3 Å². The highest BCUT2D eigenvalue weighted by molar-refractivity contribution is 5.62. The summed E-state index contributed by atoms with van der Waals surface area (Å²) in [5.74, 6) is -0.833. The first-order chi connectivity index (χ1) is 4.73. The summed E-state index contributed by atoms with van der Waals surface area (Å²) in [6.45, 7) is 5.64. The van der Waals surface area contributed by atoms with Crippen molar-refractivity contribution in [2.75, 3.05) is 26.2 Å². The van der Waals surface area contributed by atoms with Gasteiger partial charge in [0.2, 0.25) is 0 Å². The number of carboxylic acids is 1. The van der Waals surface area contributed by atoms with Crippen LogP contribution in [0.15, 0.2) is 0 Å². The van der Waals surface area contributed by atoms with E-state index in [9.17, 15) is 0 Å². The molecule has 1 fully saturated rings. The Morgan fingerprint density at radius 3 is 1.50 bits per heavy atom. The van der Waals surface area contributed by atoms with Gasteiger partial charge in [-0.3, -0.25) is 4.79 Å². The summed E-state index contributed by atoms with van der Waals surface area (Å²) >= 11 is 0. The van der Waals surface area contributed by atoms with Gasteiger partial charge in [-0.15, -0.1) is 0 Å². The van der Waals surface area contributed by atoms with E-state index >= 15 is 0 Å². The predicted molar refractivity (Wildman–Crippen MR) is 39.0 cm³/mol. The number of rotatable bonds is 0. The second-order valence-corrected chi connectivity index (χ2v) is 2.02. The predicted octanol–water partition coefficient (Wildman–Crippen LogP) is -0.730. The Morgan fingerprint density at radius 2 is 1.40 bits per heavy atom. The molecule has 1 aliphatic rings. The lowest BCUT2D eigenvalue weighted by molar-refractivity contribution is -0.134. The van der Waals surface area contributed by atoms with E-state index in [1.54, 1.807) is 0 Å². The van der Waals surface area contributed by atoms with E-state index in [0.29, 0.717) is 0 Å². The van der Waals surface area contributed by atoms with E-state index in [2.05, 4.69) is 10.6 Å². The minimum Gasteiger partial charge on any atom is -0.481 e. The molecule has 0 aromatic rings. The van der Waals surface area contributed by atoms with Crippen LogP contribution in [0.2, 0.25) is 0 Å². The van der Waals surface area contributed by atoms with E-state index in [1.165, 1.54) is 0 Å². The molecule has 1 aliphatic heterocycles. The molecule has 0 saturated carbocycles. The zero-order valence-electron chi connectivity index (χ0n) is 6.18. The zero-order chi connectivity index (χ0) is 7.82. The van der Waals surface area contributed by atoms with Crippen LogP contribution >= 0.6 is 0 Å². The Hall–Kier alpha value is -0.610. The summed E-state index contributed by atoms with van der Waals surface area (Å²) in [6.07, 6.45) is 0. The van der Waals surface area contributed by atoms with E-state index < -0.39 is 5.97 Å². The average molecular weight is 146 g/mol. The van der Waals surface area contributed by atoms with Gasteiger partial charge in [0.15, 0.2) is 0 Å². The molecule has 1 saturated heterocycles. The van der Waals surface area contributed by atoms with Gasteiger partial charge in [-0.1, -0.05) is 0 Å². The fraction of sp³-hybridized carbons (Fsp3) is 0.833. The third-order valence-electron chi connectivity index (χ3n) is 0.957. The molecule has 0 aliphatic carbocycles. The Kier molecular flexibility index (Phi) is 6.11. The van der Waals surface area contributed by atoms with Gasteiger partial charge >= 0.3 is 0 Å². The molecule has 0 spiro atoms. The van der Waals surface area contributed by atoms with Crippen molar-refractivity contribution in [2.45, 2.75) is 6.92 Å². The Labute approximate surface area is 60.6 Å². The minimum absolute atomic E-state index is 0.833. The van der Waals surface area contributed by atoms with Gasteiger partial charge in [0, 0.05) is 33.1 Å². The molecule has 3 N–H and O–H groups in total. The van der Waals surface area contributed by atoms with Gasteiger partial charge in [0.1, 0.15) is 0 Å². The maximum absolute atomic E-state index is 9.00. The van der Waals surface area contributed by atoms with E-state index in [0.717, 1.165) is 33.1 Å². The highest BCUT2D eigenvalue weighted by atomic mass is 16.4. The van der Waals surface area contributed by atoms with Crippen molar-refractivity contribution in [3.05, 3.63) is 0 Å². The van der Waals surface area contributed by atoms with E-state index in [1.807, 2.05) is 0 Å². The molecular weight excluding hydrogens is 132 g/mol. The molecule has 0 atom stereocenters. The molecule has 1 heterocycles. The SMILES string of the molecule is C1CNCCN1.CC(=O)O. The van der Waals surface area contributed by atoms with Crippen LogP contribution in [0.5, 0.6) is 0 Å². The van der Waals surface area contributed by atoms with Crippen LogP contribution in [0.3, 0.4) is 0 Å². The lowest BCUT2D eigenvalue weighted by Crippen LogP contribution is -2.39. The van der Waals surface area contributed by atoms with Crippen molar-refractivity contribution < 1.29 is 9.90 Å². The third-order valence-corrected chi connectivity index (χ3v) is 0.957. The molecule has 0 unspecified atom stereocenters. The molecule has 0 radical (unpaired) electrons. The van der Waals surface area contributed by atoms with Crippen molar-refractivity contribution in [3.63, 3.8) is 0 Å². The fourth-order valence-electron chi connectivity index (χ4n) is 0.604. The van der Waals surface area contributed by atoms with Crippen LogP contribution in [0.25, 0.3) is 0 Å². The van der Waals surface area contributed by atoms with Crippen LogP contribution < -0.4 is 10.6 Å². The molecule has 0 aromatic heterocycles. The largest absolute Gasteiger partial charge is 0.481 e. The van der Waals surface area contributed by atoms with Crippen LogP contribution in [0.1, 0.15) is 6.92 Å². The summed E-state index contributed by atoms with van der Waals surface area (Å²) in [4.78, 5) is 9.00. The quantitative estimate of drug-likeness (QED) is 0.421. The first-order valence-electron chi connectivity index (χ1n) is 3.34. The normalized spacial score (nSPS) is 16.9. The minimum atomic E-state index is -0.833. The van der Waals surface area contributed by atoms with Crippen molar-refractivity contribution in [1.29, 1.82) is 0 Å². The van der Waals surface area contributed by atoms with Crippen molar-refractivity contribution in [1.82, 2.24) is 10.6 Å².